The van der Waals surface area contributed by atoms with Crippen molar-refractivity contribution in [2.45, 2.75) is 348 Å². The first kappa shape index (κ1) is 70.4. The molecule has 73 heavy (non-hydrogen) atoms. The van der Waals surface area contributed by atoms with Crippen molar-refractivity contribution in [2.24, 2.45) is 0 Å². The van der Waals surface area contributed by atoms with Crippen LogP contribution >= 0.6 is 0 Å². The summed E-state index contributed by atoms with van der Waals surface area (Å²) in [6.07, 6.45) is 76.9. The Morgan fingerprint density at radius 1 is 0.288 bits per heavy atom. The molecule has 0 heterocycles. The lowest BCUT2D eigenvalue weighted by Gasteiger charge is -2.18. The second kappa shape index (κ2) is 61.9. The zero-order valence-corrected chi connectivity index (χ0v) is 48.9. The lowest BCUT2D eigenvalue weighted by atomic mass is 10.0. The Labute approximate surface area is 454 Å². The summed E-state index contributed by atoms with van der Waals surface area (Å²) in [7, 11) is 0. The Bertz CT molecular complexity index is 1270. The van der Waals surface area contributed by atoms with Crippen molar-refractivity contribution >= 4 is 17.9 Å². The molecule has 1 unspecified atom stereocenters. The minimum Gasteiger partial charge on any atom is -0.462 e. The van der Waals surface area contributed by atoms with Gasteiger partial charge in [-0.3, -0.25) is 14.4 Å². The van der Waals surface area contributed by atoms with Crippen molar-refractivity contribution in [2.75, 3.05) is 13.2 Å². The van der Waals surface area contributed by atoms with Crippen LogP contribution in [0.25, 0.3) is 0 Å². The lowest BCUT2D eigenvalue weighted by molar-refractivity contribution is -0.167. The van der Waals surface area contributed by atoms with Crippen molar-refractivity contribution in [3.8, 4) is 0 Å². The van der Waals surface area contributed by atoms with E-state index in [0.29, 0.717) is 19.3 Å². The van der Waals surface area contributed by atoms with Gasteiger partial charge >= 0.3 is 17.9 Å². The van der Waals surface area contributed by atoms with Crippen molar-refractivity contribution in [3.05, 3.63) is 48.6 Å². The van der Waals surface area contributed by atoms with E-state index >= 15 is 0 Å². The Morgan fingerprint density at radius 3 is 0.836 bits per heavy atom. The molecule has 0 radical (unpaired) electrons. The zero-order valence-electron chi connectivity index (χ0n) is 48.9. The number of esters is 3. The molecule has 0 spiro atoms. The van der Waals surface area contributed by atoms with Crippen LogP contribution in [0.1, 0.15) is 342 Å². The lowest BCUT2D eigenvalue weighted by Crippen LogP contribution is -2.30. The topological polar surface area (TPSA) is 78.9 Å². The summed E-state index contributed by atoms with van der Waals surface area (Å²) in [4.78, 5) is 38.3. The number of allylic oxidation sites excluding steroid dienone is 8. The van der Waals surface area contributed by atoms with Crippen LogP contribution in [0.4, 0.5) is 0 Å². The van der Waals surface area contributed by atoms with Gasteiger partial charge in [0.05, 0.1) is 0 Å². The highest BCUT2D eigenvalue weighted by Gasteiger charge is 2.19. The highest BCUT2D eigenvalue weighted by molar-refractivity contribution is 5.71. The van der Waals surface area contributed by atoms with Crippen LogP contribution in [-0.4, -0.2) is 37.2 Å². The number of hydrogen-bond acceptors (Lipinski definition) is 6. The van der Waals surface area contributed by atoms with E-state index in [1.165, 1.54) is 218 Å². The average molecular weight is 1020 g/mol. The molecule has 0 aromatic rings. The molecule has 0 fully saturated rings. The maximum atomic E-state index is 12.9. The van der Waals surface area contributed by atoms with E-state index in [2.05, 4.69) is 69.4 Å². The zero-order chi connectivity index (χ0) is 52.9. The predicted molar refractivity (Wildman–Crippen MR) is 316 cm³/mol. The molecule has 426 valence electrons. The number of rotatable bonds is 59. The first-order chi connectivity index (χ1) is 36.0. The van der Waals surface area contributed by atoms with Gasteiger partial charge < -0.3 is 14.2 Å². The Kier molecular flexibility index (Phi) is 59.7. The van der Waals surface area contributed by atoms with Crippen LogP contribution in [0.2, 0.25) is 0 Å². The van der Waals surface area contributed by atoms with Crippen molar-refractivity contribution in [1.82, 2.24) is 0 Å². The number of ether oxygens (including phenoxy) is 3. The highest BCUT2D eigenvalue weighted by Crippen LogP contribution is 2.18. The maximum absolute atomic E-state index is 12.9. The molecule has 0 aromatic carbocycles. The average Bonchev–Trinajstić information content (AvgIpc) is 3.39. The molecular weight excluding hydrogens is 901 g/mol. The van der Waals surface area contributed by atoms with Gasteiger partial charge in [0.1, 0.15) is 13.2 Å². The number of unbranched alkanes of at least 4 members (excludes halogenated alkanes) is 40. The fraction of sp³-hybridized carbons (Fsp3) is 0.836. The number of carbonyl (C=O) groups is 3. The predicted octanol–water partition coefficient (Wildman–Crippen LogP) is 21.8. The molecule has 0 bridgehead atoms. The standard InChI is InChI=1S/C67H122O6/c1-4-7-10-13-16-19-22-25-28-29-30-31-32-33-34-35-36-37-38-39-40-43-45-48-51-54-57-60-66(69)72-63-64(73-67(70)61-58-55-52-49-46-42-27-24-21-18-15-12-9-6-3)62-71-65(68)59-56-53-50-47-44-41-26-23-20-17-14-11-8-5-2/h7,10,16,19,25,28,30-31,64H,4-6,8-9,11-15,17-18,20-24,26-27,29,32-63H2,1-3H3/b10-7-,19-16-,28-25-,31-30-. The quantitative estimate of drug-likeness (QED) is 0.0261. The Balaban J connectivity index is 4.20. The third-order valence-electron chi connectivity index (χ3n) is 14.3. The maximum Gasteiger partial charge on any atom is 0.306 e. The second-order valence-electron chi connectivity index (χ2n) is 21.7. The molecule has 6 nitrogen and oxygen atoms in total. The molecule has 0 aromatic heterocycles. The highest BCUT2D eigenvalue weighted by atomic mass is 16.6. The van der Waals surface area contributed by atoms with Crippen molar-refractivity contribution in [3.63, 3.8) is 0 Å². The molecule has 0 saturated carbocycles. The second-order valence-corrected chi connectivity index (χ2v) is 21.7. The molecule has 6 heteroatoms. The molecular formula is C67H122O6. The third-order valence-corrected chi connectivity index (χ3v) is 14.3. The van der Waals surface area contributed by atoms with Crippen LogP contribution in [0, 0.1) is 0 Å². The summed E-state index contributed by atoms with van der Waals surface area (Å²) < 4.78 is 16.9. The summed E-state index contributed by atoms with van der Waals surface area (Å²) in [6.45, 7) is 6.58. The summed E-state index contributed by atoms with van der Waals surface area (Å²) in [5.41, 5.74) is 0. The van der Waals surface area contributed by atoms with Gasteiger partial charge in [0.2, 0.25) is 0 Å². The van der Waals surface area contributed by atoms with Gasteiger partial charge in [-0.15, -0.1) is 0 Å². The van der Waals surface area contributed by atoms with E-state index in [1.807, 2.05) is 0 Å². The van der Waals surface area contributed by atoms with Crippen LogP contribution in [0.3, 0.4) is 0 Å². The molecule has 0 aliphatic rings. The molecule has 0 aliphatic heterocycles. The van der Waals surface area contributed by atoms with Crippen LogP contribution in [0.5, 0.6) is 0 Å². The largest absolute Gasteiger partial charge is 0.462 e. The smallest absolute Gasteiger partial charge is 0.306 e. The fourth-order valence-corrected chi connectivity index (χ4v) is 9.56. The van der Waals surface area contributed by atoms with Gasteiger partial charge in [-0.1, -0.05) is 313 Å². The summed E-state index contributed by atoms with van der Waals surface area (Å²) in [5.74, 6) is -0.843. The van der Waals surface area contributed by atoms with E-state index in [0.717, 1.165) is 83.5 Å². The van der Waals surface area contributed by atoms with Crippen molar-refractivity contribution < 1.29 is 28.6 Å². The van der Waals surface area contributed by atoms with E-state index in [9.17, 15) is 14.4 Å². The molecule has 0 aliphatic carbocycles. The van der Waals surface area contributed by atoms with Crippen LogP contribution in [0.15, 0.2) is 48.6 Å². The number of hydrogen-bond donors (Lipinski definition) is 0. The van der Waals surface area contributed by atoms with Gasteiger partial charge in [0.15, 0.2) is 6.10 Å². The third kappa shape index (κ3) is 60.1. The van der Waals surface area contributed by atoms with Crippen LogP contribution in [-0.2, 0) is 28.6 Å². The minimum absolute atomic E-state index is 0.0665. The van der Waals surface area contributed by atoms with E-state index < -0.39 is 6.10 Å². The fourth-order valence-electron chi connectivity index (χ4n) is 9.56. The summed E-state index contributed by atoms with van der Waals surface area (Å²) in [5, 5.41) is 0. The van der Waals surface area contributed by atoms with Gasteiger partial charge in [0.25, 0.3) is 0 Å². The van der Waals surface area contributed by atoms with Gasteiger partial charge in [-0.25, -0.2) is 0 Å². The first-order valence-electron chi connectivity index (χ1n) is 32.1. The van der Waals surface area contributed by atoms with Crippen LogP contribution < -0.4 is 0 Å². The van der Waals surface area contributed by atoms with E-state index in [-0.39, 0.29) is 31.1 Å². The van der Waals surface area contributed by atoms with E-state index in [4.69, 9.17) is 14.2 Å². The molecule has 0 N–H and O–H groups in total. The van der Waals surface area contributed by atoms with Gasteiger partial charge in [-0.05, 0) is 57.8 Å². The minimum atomic E-state index is -0.768. The molecule has 0 amide bonds. The Hall–Kier alpha value is -2.63. The summed E-state index contributed by atoms with van der Waals surface area (Å²) in [6, 6.07) is 0. The summed E-state index contributed by atoms with van der Waals surface area (Å²) >= 11 is 0. The molecule has 1 atom stereocenters. The Morgan fingerprint density at radius 2 is 0.534 bits per heavy atom. The molecule has 0 rings (SSSR count). The van der Waals surface area contributed by atoms with Crippen molar-refractivity contribution in [1.29, 1.82) is 0 Å². The first-order valence-corrected chi connectivity index (χ1v) is 32.1. The monoisotopic (exact) mass is 1020 g/mol. The molecule has 0 saturated heterocycles. The normalized spacial score (nSPS) is 12.3. The van der Waals surface area contributed by atoms with Gasteiger partial charge in [-0.2, -0.15) is 0 Å². The SMILES string of the molecule is CC/C=C\C/C=C\C/C=C\C/C=C\CCCCCCCCCCCCCCCCC(=O)OCC(COC(=O)CCCCCCCCCCCCCCCC)OC(=O)CCCCCCCCCCCCCCCC. The number of carbonyl (C=O) groups excluding carboxylic acids is 3. The van der Waals surface area contributed by atoms with E-state index in [1.54, 1.807) is 0 Å². The van der Waals surface area contributed by atoms with Gasteiger partial charge in [0, 0.05) is 19.3 Å².